The number of pyridine rings is 1. The van der Waals surface area contributed by atoms with Crippen molar-refractivity contribution in [3.63, 3.8) is 0 Å². The molecule has 0 bridgehead atoms. The molecule has 0 saturated heterocycles. The SMILES string of the molecule is Nc1c(Cl)c(Cl)nc(C(=O)OCc2csc(-c3ccc(Cl)cc3)n2)c1Cl. The van der Waals surface area contributed by atoms with Gasteiger partial charge in [-0.25, -0.2) is 14.8 Å². The van der Waals surface area contributed by atoms with Crippen LogP contribution in [0.15, 0.2) is 29.6 Å². The molecule has 0 aliphatic carbocycles. The standard InChI is InChI=1S/C16H9Cl4N3O2S/c17-8-3-1-7(2-4-8)15-22-9(6-26-15)5-25-16(24)13-10(18)12(21)11(19)14(20)23-13/h1-4,6H,5H2,(H2,21,23). The maximum atomic E-state index is 12.2. The molecule has 3 aromatic rings. The molecule has 0 spiro atoms. The molecule has 3 rings (SSSR count). The van der Waals surface area contributed by atoms with Crippen molar-refractivity contribution in [3.8, 4) is 10.6 Å². The Balaban J connectivity index is 1.72. The second-order valence-electron chi connectivity index (χ2n) is 5.02. The lowest BCUT2D eigenvalue weighted by Gasteiger charge is -2.08. The molecule has 0 saturated carbocycles. The predicted molar refractivity (Wildman–Crippen MR) is 105 cm³/mol. The number of hydrogen-bond donors (Lipinski definition) is 1. The van der Waals surface area contributed by atoms with Gasteiger partial charge in [0.2, 0.25) is 0 Å². The minimum Gasteiger partial charge on any atom is -0.454 e. The van der Waals surface area contributed by atoms with Gasteiger partial charge in [0.05, 0.1) is 16.4 Å². The van der Waals surface area contributed by atoms with Crippen molar-refractivity contribution in [2.24, 2.45) is 0 Å². The van der Waals surface area contributed by atoms with Crippen LogP contribution in [0, 0.1) is 0 Å². The number of nitrogens with zero attached hydrogens (tertiary/aromatic N) is 2. The van der Waals surface area contributed by atoms with E-state index in [1.807, 2.05) is 12.1 Å². The molecule has 26 heavy (non-hydrogen) atoms. The van der Waals surface area contributed by atoms with Crippen molar-refractivity contribution >= 4 is 69.4 Å². The molecular formula is C16H9Cl4N3O2S. The monoisotopic (exact) mass is 447 g/mol. The van der Waals surface area contributed by atoms with E-state index in [9.17, 15) is 4.79 Å². The zero-order valence-corrected chi connectivity index (χ0v) is 16.6. The first-order valence-electron chi connectivity index (χ1n) is 7.04. The van der Waals surface area contributed by atoms with Crippen LogP contribution in [-0.2, 0) is 11.3 Å². The second-order valence-corrected chi connectivity index (χ2v) is 7.43. The molecule has 1 aromatic carbocycles. The van der Waals surface area contributed by atoms with E-state index in [1.54, 1.807) is 17.5 Å². The number of nitrogen functional groups attached to an aromatic ring is 1. The van der Waals surface area contributed by atoms with E-state index in [-0.39, 0.29) is 33.2 Å². The zero-order chi connectivity index (χ0) is 18.8. The Labute approximate surface area is 172 Å². The van der Waals surface area contributed by atoms with Crippen LogP contribution < -0.4 is 5.73 Å². The Morgan fingerprint density at radius 3 is 2.46 bits per heavy atom. The normalized spacial score (nSPS) is 10.8. The van der Waals surface area contributed by atoms with Crippen LogP contribution >= 0.6 is 57.7 Å². The average molecular weight is 449 g/mol. The number of benzene rings is 1. The van der Waals surface area contributed by atoms with Crippen LogP contribution in [0.1, 0.15) is 16.2 Å². The first-order chi connectivity index (χ1) is 12.4. The number of nitrogens with two attached hydrogens (primary N) is 1. The number of anilines is 1. The first kappa shape index (κ1) is 19.2. The number of hydrogen-bond acceptors (Lipinski definition) is 6. The molecular weight excluding hydrogens is 440 g/mol. The summed E-state index contributed by atoms with van der Waals surface area (Å²) < 4.78 is 5.19. The van der Waals surface area contributed by atoms with Gasteiger partial charge in [-0.05, 0) is 12.1 Å². The molecule has 2 heterocycles. The number of esters is 1. The Morgan fingerprint density at radius 1 is 1.08 bits per heavy atom. The topological polar surface area (TPSA) is 78.1 Å². The van der Waals surface area contributed by atoms with Gasteiger partial charge in [-0.1, -0.05) is 58.5 Å². The number of carbonyl (C=O) groups is 1. The maximum absolute atomic E-state index is 12.2. The van der Waals surface area contributed by atoms with E-state index in [0.717, 1.165) is 10.6 Å². The van der Waals surface area contributed by atoms with E-state index in [1.165, 1.54) is 11.3 Å². The van der Waals surface area contributed by atoms with E-state index < -0.39 is 5.97 Å². The highest BCUT2D eigenvalue weighted by molar-refractivity contribution is 7.13. The number of carbonyl (C=O) groups excluding carboxylic acids is 1. The van der Waals surface area contributed by atoms with Crippen molar-refractivity contribution in [2.75, 3.05) is 5.73 Å². The summed E-state index contributed by atoms with van der Waals surface area (Å²) in [6.45, 7) is -0.0545. The Bertz CT molecular complexity index is 976. The molecule has 0 radical (unpaired) electrons. The lowest BCUT2D eigenvalue weighted by atomic mass is 10.2. The summed E-state index contributed by atoms with van der Waals surface area (Å²) in [4.78, 5) is 20.4. The van der Waals surface area contributed by atoms with Crippen molar-refractivity contribution in [2.45, 2.75) is 6.61 Å². The van der Waals surface area contributed by atoms with E-state index in [0.29, 0.717) is 10.7 Å². The summed E-state index contributed by atoms with van der Waals surface area (Å²) in [5, 5.41) is 2.96. The molecule has 2 N–H and O–H groups in total. The molecule has 134 valence electrons. The lowest BCUT2D eigenvalue weighted by Crippen LogP contribution is -2.10. The van der Waals surface area contributed by atoms with Crippen molar-refractivity contribution in [1.29, 1.82) is 0 Å². The number of aromatic nitrogens is 2. The molecule has 0 fully saturated rings. The minimum absolute atomic E-state index is 0.0136. The molecule has 2 aromatic heterocycles. The highest BCUT2D eigenvalue weighted by Crippen LogP contribution is 2.34. The molecule has 0 atom stereocenters. The van der Waals surface area contributed by atoms with Gasteiger partial charge in [0.25, 0.3) is 0 Å². The fraction of sp³-hybridized carbons (Fsp3) is 0.0625. The number of thiazole rings is 1. The average Bonchev–Trinajstić information content (AvgIpc) is 3.10. The van der Waals surface area contributed by atoms with Crippen LogP contribution in [-0.4, -0.2) is 15.9 Å². The largest absolute Gasteiger partial charge is 0.454 e. The van der Waals surface area contributed by atoms with Crippen LogP contribution in [0.5, 0.6) is 0 Å². The van der Waals surface area contributed by atoms with E-state index >= 15 is 0 Å². The van der Waals surface area contributed by atoms with Crippen molar-refractivity contribution < 1.29 is 9.53 Å². The quantitative estimate of drug-likeness (QED) is 0.405. The number of rotatable bonds is 4. The molecule has 0 unspecified atom stereocenters. The fourth-order valence-corrected chi connectivity index (χ4v) is 3.49. The van der Waals surface area contributed by atoms with Gasteiger partial charge in [-0.15, -0.1) is 11.3 Å². The van der Waals surface area contributed by atoms with E-state index in [4.69, 9.17) is 56.9 Å². The van der Waals surface area contributed by atoms with Gasteiger partial charge < -0.3 is 10.5 Å². The predicted octanol–water partition coefficient (Wildman–Crippen LogP) is 5.76. The Hall–Kier alpha value is -1.57. The van der Waals surface area contributed by atoms with Crippen molar-refractivity contribution in [3.05, 3.63) is 61.3 Å². The van der Waals surface area contributed by atoms with Gasteiger partial charge >= 0.3 is 5.97 Å². The van der Waals surface area contributed by atoms with E-state index in [2.05, 4.69) is 9.97 Å². The molecule has 0 aliphatic rings. The van der Waals surface area contributed by atoms with Gasteiger partial charge in [0.1, 0.15) is 16.6 Å². The smallest absolute Gasteiger partial charge is 0.359 e. The lowest BCUT2D eigenvalue weighted by molar-refractivity contribution is 0.0462. The minimum atomic E-state index is -0.777. The fourth-order valence-electron chi connectivity index (χ4n) is 1.97. The highest BCUT2D eigenvalue weighted by Gasteiger charge is 2.21. The first-order valence-corrected chi connectivity index (χ1v) is 9.43. The third-order valence-electron chi connectivity index (χ3n) is 3.26. The van der Waals surface area contributed by atoms with Gasteiger partial charge in [0.15, 0.2) is 10.8 Å². The van der Waals surface area contributed by atoms with Gasteiger partial charge in [-0.3, -0.25) is 0 Å². The van der Waals surface area contributed by atoms with Crippen LogP contribution in [0.2, 0.25) is 20.2 Å². The molecule has 10 heteroatoms. The summed E-state index contributed by atoms with van der Waals surface area (Å²) in [6.07, 6.45) is 0. The molecule has 0 amide bonds. The maximum Gasteiger partial charge on any atom is 0.359 e. The summed E-state index contributed by atoms with van der Waals surface area (Å²) >= 11 is 24.9. The zero-order valence-electron chi connectivity index (χ0n) is 12.8. The summed E-state index contributed by atoms with van der Waals surface area (Å²) in [5.41, 5.74) is 6.96. The summed E-state index contributed by atoms with van der Waals surface area (Å²) in [7, 11) is 0. The van der Waals surface area contributed by atoms with Crippen LogP contribution in [0.25, 0.3) is 10.6 Å². The summed E-state index contributed by atoms with van der Waals surface area (Å²) in [5.74, 6) is -0.777. The third-order valence-corrected chi connectivity index (χ3v) is 5.59. The van der Waals surface area contributed by atoms with Crippen LogP contribution in [0.4, 0.5) is 5.69 Å². The highest BCUT2D eigenvalue weighted by atomic mass is 35.5. The second kappa shape index (κ2) is 7.98. The van der Waals surface area contributed by atoms with Crippen LogP contribution in [0.3, 0.4) is 0 Å². The summed E-state index contributed by atoms with van der Waals surface area (Å²) in [6, 6.07) is 7.28. The molecule has 5 nitrogen and oxygen atoms in total. The number of halogens is 4. The van der Waals surface area contributed by atoms with Crippen molar-refractivity contribution in [1.82, 2.24) is 9.97 Å². The number of ether oxygens (including phenoxy) is 1. The Kier molecular flexibility index (Phi) is 5.89. The third kappa shape index (κ3) is 4.05. The molecule has 0 aliphatic heterocycles. The van der Waals surface area contributed by atoms with Gasteiger partial charge in [-0.2, -0.15) is 0 Å². The van der Waals surface area contributed by atoms with Gasteiger partial charge in [0, 0.05) is 16.0 Å². The Morgan fingerprint density at radius 2 is 1.77 bits per heavy atom.